The molecule has 0 bridgehead atoms. The lowest BCUT2D eigenvalue weighted by molar-refractivity contribution is -0.0133. The Kier molecular flexibility index (Phi) is 6.11. The zero-order valence-electron chi connectivity index (χ0n) is 14.7. The van der Waals surface area contributed by atoms with Crippen LogP contribution >= 0.6 is 0 Å². The van der Waals surface area contributed by atoms with Crippen LogP contribution in [0.5, 0.6) is 0 Å². The molecule has 1 unspecified atom stereocenters. The molecule has 25 heavy (non-hydrogen) atoms. The summed E-state index contributed by atoms with van der Waals surface area (Å²) in [6, 6.07) is 15.5. The molecule has 134 valence electrons. The van der Waals surface area contributed by atoms with Crippen molar-refractivity contribution < 1.29 is 17.9 Å². The standard InChI is InChI=1S/C19H23NO4S/c1-4-19(24-3,17-10-6-5-7-11-17)14-20-25(22,23)18-12-8-9-16(13-18)15(2)21/h5-13,20H,4,14H2,1-3H3. The van der Waals surface area contributed by atoms with Gasteiger partial charge < -0.3 is 4.74 Å². The van der Waals surface area contributed by atoms with Gasteiger partial charge in [-0.05, 0) is 31.0 Å². The minimum atomic E-state index is -3.76. The number of hydrogen-bond donors (Lipinski definition) is 1. The zero-order chi connectivity index (χ0) is 18.5. The number of nitrogens with one attached hydrogen (secondary N) is 1. The summed E-state index contributed by atoms with van der Waals surface area (Å²) in [6.07, 6.45) is 0.601. The van der Waals surface area contributed by atoms with Crippen molar-refractivity contribution in [1.82, 2.24) is 4.72 Å². The largest absolute Gasteiger partial charge is 0.372 e. The number of benzene rings is 2. The molecule has 0 aromatic heterocycles. The Labute approximate surface area is 149 Å². The third-order valence-electron chi connectivity index (χ3n) is 4.36. The molecule has 2 aromatic carbocycles. The van der Waals surface area contributed by atoms with Crippen molar-refractivity contribution in [3.8, 4) is 0 Å². The first-order valence-corrected chi connectivity index (χ1v) is 9.54. The quantitative estimate of drug-likeness (QED) is 0.733. The molecule has 0 fully saturated rings. The highest BCUT2D eigenvalue weighted by atomic mass is 32.2. The first-order chi connectivity index (χ1) is 11.8. The molecule has 0 heterocycles. The Morgan fingerprint density at radius 2 is 1.80 bits per heavy atom. The Morgan fingerprint density at radius 3 is 2.36 bits per heavy atom. The van der Waals surface area contributed by atoms with E-state index in [2.05, 4.69) is 4.72 Å². The maximum absolute atomic E-state index is 12.6. The molecule has 0 radical (unpaired) electrons. The third-order valence-corrected chi connectivity index (χ3v) is 5.76. The Morgan fingerprint density at radius 1 is 1.12 bits per heavy atom. The minimum absolute atomic E-state index is 0.0642. The van der Waals surface area contributed by atoms with Crippen LogP contribution in [-0.4, -0.2) is 27.9 Å². The van der Waals surface area contributed by atoms with Gasteiger partial charge in [0.25, 0.3) is 0 Å². The summed E-state index contributed by atoms with van der Waals surface area (Å²) in [7, 11) is -2.19. The predicted molar refractivity (Wildman–Crippen MR) is 97.1 cm³/mol. The fourth-order valence-electron chi connectivity index (χ4n) is 2.68. The summed E-state index contributed by atoms with van der Waals surface area (Å²) >= 11 is 0. The SMILES string of the molecule is CCC(CNS(=O)(=O)c1cccc(C(C)=O)c1)(OC)c1ccccc1. The Balaban J connectivity index is 2.28. The molecule has 6 heteroatoms. The molecule has 0 aliphatic rings. The molecular formula is C19H23NO4S. The second-order valence-corrected chi connectivity index (χ2v) is 7.59. The van der Waals surface area contributed by atoms with Crippen molar-refractivity contribution >= 4 is 15.8 Å². The number of sulfonamides is 1. The molecule has 0 amide bonds. The summed E-state index contributed by atoms with van der Waals surface area (Å²) in [6.45, 7) is 3.44. The molecule has 0 spiro atoms. The number of hydrogen-bond acceptors (Lipinski definition) is 4. The van der Waals surface area contributed by atoms with Crippen molar-refractivity contribution in [2.24, 2.45) is 0 Å². The van der Waals surface area contributed by atoms with Crippen LogP contribution in [0.3, 0.4) is 0 Å². The molecule has 2 rings (SSSR count). The van der Waals surface area contributed by atoms with E-state index in [0.717, 1.165) is 5.56 Å². The second kappa shape index (κ2) is 7.91. The van der Waals surface area contributed by atoms with Crippen LogP contribution in [0.25, 0.3) is 0 Å². The zero-order valence-corrected chi connectivity index (χ0v) is 15.5. The topological polar surface area (TPSA) is 72.5 Å². The highest BCUT2D eigenvalue weighted by molar-refractivity contribution is 7.89. The van der Waals surface area contributed by atoms with Gasteiger partial charge in [0.2, 0.25) is 10.0 Å². The number of methoxy groups -OCH3 is 1. The minimum Gasteiger partial charge on any atom is -0.372 e. The van der Waals surface area contributed by atoms with Crippen molar-refractivity contribution in [1.29, 1.82) is 0 Å². The maximum atomic E-state index is 12.6. The Bertz CT molecular complexity index is 828. The van der Waals surface area contributed by atoms with Crippen molar-refractivity contribution in [2.75, 3.05) is 13.7 Å². The van der Waals surface area contributed by atoms with Gasteiger partial charge in [0.1, 0.15) is 5.60 Å². The van der Waals surface area contributed by atoms with Crippen LogP contribution < -0.4 is 4.72 Å². The molecule has 2 aromatic rings. The van der Waals surface area contributed by atoms with Gasteiger partial charge in [-0.1, -0.05) is 49.4 Å². The van der Waals surface area contributed by atoms with E-state index in [-0.39, 0.29) is 17.2 Å². The van der Waals surface area contributed by atoms with Crippen molar-refractivity contribution in [3.05, 3.63) is 65.7 Å². The van der Waals surface area contributed by atoms with E-state index in [4.69, 9.17) is 4.74 Å². The van der Waals surface area contributed by atoms with E-state index in [9.17, 15) is 13.2 Å². The van der Waals surface area contributed by atoms with E-state index < -0.39 is 15.6 Å². The third kappa shape index (κ3) is 4.34. The highest BCUT2D eigenvalue weighted by Gasteiger charge is 2.32. The fraction of sp³-hybridized carbons (Fsp3) is 0.316. The predicted octanol–water partition coefficient (Wildman–Crippen LogP) is 3.12. The molecule has 0 saturated heterocycles. The Hall–Kier alpha value is -2.02. The monoisotopic (exact) mass is 361 g/mol. The van der Waals surface area contributed by atoms with Gasteiger partial charge in [-0.25, -0.2) is 13.1 Å². The van der Waals surface area contributed by atoms with E-state index in [1.165, 1.54) is 19.1 Å². The molecule has 1 atom stereocenters. The summed E-state index contributed by atoms with van der Waals surface area (Å²) in [4.78, 5) is 11.5. The number of carbonyl (C=O) groups excluding carboxylic acids is 1. The van der Waals surface area contributed by atoms with Gasteiger partial charge in [-0.15, -0.1) is 0 Å². The van der Waals surface area contributed by atoms with Crippen LogP contribution in [-0.2, 0) is 20.4 Å². The fourth-order valence-corrected chi connectivity index (χ4v) is 3.81. The van der Waals surface area contributed by atoms with Crippen LogP contribution in [0.15, 0.2) is 59.5 Å². The second-order valence-electron chi connectivity index (χ2n) is 5.83. The molecule has 0 saturated carbocycles. The van der Waals surface area contributed by atoms with Crippen LogP contribution in [0.1, 0.15) is 36.2 Å². The number of rotatable bonds is 8. The van der Waals surface area contributed by atoms with E-state index in [1.54, 1.807) is 19.2 Å². The van der Waals surface area contributed by atoms with Crippen LogP contribution in [0.4, 0.5) is 0 Å². The first-order valence-electron chi connectivity index (χ1n) is 8.06. The average molecular weight is 361 g/mol. The lowest BCUT2D eigenvalue weighted by atomic mass is 9.91. The number of Topliss-reactive ketones (excluding diaryl/α,β-unsaturated/α-hetero) is 1. The number of ketones is 1. The lowest BCUT2D eigenvalue weighted by Gasteiger charge is -2.32. The van der Waals surface area contributed by atoms with E-state index in [0.29, 0.717) is 12.0 Å². The van der Waals surface area contributed by atoms with Gasteiger partial charge >= 0.3 is 0 Å². The number of ether oxygens (including phenoxy) is 1. The van der Waals surface area contributed by atoms with Gasteiger partial charge in [0, 0.05) is 19.2 Å². The molecule has 0 aliphatic heterocycles. The van der Waals surface area contributed by atoms with E-state index in [1.807, 2.05) is 37.3 Å². The molecule has 5 nitrogen and oxygen atoms in total. The average Bonchev–Trinajstić information content (AvgIpc) is 2.64. The van der Waals surface area contributed by atoms with Crippen molar-refractivity contribution in [3.63, 3.8) is 0 Å². The lowest BCUT2D eigenvalue weighted by Crippen LogP contribution is -2.41. The normalized spacial score (nSPS) is 14.0. The summed E-state index contributed by atoms with van der Waals surface area (Å²) in [5.74, 6) is -0.180. The summed E-state index contributed by atoms with van der Waals surface area (Å²) < 4.78 is 33.6. The van der Waals surface area contributed by atoms with E-state index >= 15 is 0 Å². The molecule has 0 aliphatic carbocycles. The maximum Gasteiger partial charge on any atom is 0.240 e. The summed E-state index contributed by atoms with van der Waals surface area (Å²) in [5, 5.41) is 0. The van der Waals surface area contributed by atoms with Crippen molar-refractivity contribution in [2.45, 2.75) is 30.8 Å². The number of carbonyl (C=O) groups is 1. The molecule has 1 N–H and O–H groups in total. The van der Waals surface area contributed by atoms with Gasteiger partial charge in [-0.2, -0.15) is 0 Å². The smallest absolute Gasteiger partial charge is 0.240 e. The van der Waals surface area contributed by atoms with Crippen LogP contribution in [0, 0.1) is 0 Å². The molecular weight excluding hydrogens is 338 g/mol. The van der Waals surface area contributed by atoms with Gasteiger partial charge in [0.05, 0.1) is 4.90 Å². The summed E-state index contributed by atoms with van der Waals surface area (Å²) in [5.41, 5.74) is 0.506. The van der Waals surface area contributed by atoms with Gasteiger partial charge in [0.15, 0.2) is 5.78 Å². The van der Waals surface area contributed by atoms with Crippen LogP contribution in [0.2, 0.25) is 0 Å². The van der Waals surface area contributed by atoms with Gasteiger partial charge in [-0.3, -0.25) is 4.79 Å². The highest BCUT2D eigenvalue weighted by Crippen LogP contribution is 2.28. The first kappa shape index (κ1) is 19.3.